The molecule has 0 aliphatic carbocycles. The molecule has 18 heteroatoms. The van der Waals surface area contributed by atoms with Crippen LogP contribution in [0.3, 0.4) is 0 Å². The molecular weight excluding hydrogens is 558 g/mol. The van der Waals surface area contributed by atoms with E-state index in [-0.39, 0.29) is 22.8 Å². The monoisotopic (exact) mass is 575 g/mol. The Labute approximate surface area is 233 Å². The van der Waals surface area contributed by atoms with Crippen LogP contribution in [0.15, 0.2) is 83.0 Å². The Bertz CT molecular complexity index is 1700. The maximum Gasteiger partial charge on any atom is 0.301 e. The third-order valence-corrected chi connectivity index (χ3v) is 5.60. The Hall–Kier alpha value is -6.59. The van der Waals surface area contributed by atoms with Gasteiger partial charge in [-0.2, -0.15) is 10.2 Å². The number of benzene rings is 3. The van der Waals surface area contributed by atoms with Crippen LogP contribution < -0.4 is 10.9 Å². The second-order valence-corrected chi connectivity index (χ2v) is 8.25. The van der Waals surface area contributed by atoms with Gasteiger partial charge in [0.05, 0.1) is 31.8 Å². The van der Waals surface area contributed by atoms with Crippen molar-refractivity contribution in [3.05, 3.63) is 119 Å². The van der Waals surface area contributed by atoms with Gasteiger partial charge in [-0.05, 0) is 23.8 Å². The minimum atomic E-state index is -1.06. The molecule has 0 saturated carbocycles. The molecule has 1 saturated heterocycles. The van der Waals surface area contributed by atoms with Gasteiger partial charge in [0.15, 0.2) is 11.8 Å². The molecule has 0 spiro atoms. The summed E-state index contributed by atoms with van der Waals surface area (Å²) < 4.78 is 5.55. The van der Waals surface area contributed by atoms with Crippen molar-refractivity contribution in [3.63, 3.8) is 0 Å². The summed E-state index contributed by atoms with van der Waals surface area (Å²) in [5.41, 5.74) is 2.41. The summed E-state index contributed by atoms with van der Waals surface area (Å²) in [7, 11) is 0. The van der Waals surface area contributed by atoms with Crippen molar-refractivity contribution in [2.24, 2.45) is 10.2 Å². The lowest BCUT2D eigenvalue weighted by Gasteiger charge is -2.07. The molecule has 0 radical (unpaired) electrons. The fourth-order valence-corrected chi connectivity index (χ4v) is 3.60. The number of nitrogens with one attached hydrogen (secondary N) is 3. The Balaban J connectivity index is 1.74. The highest BCUT2D eigenvalue weighted by atomic mass is 16.6. The van der Waals surface area contributed by atoms with Crippen LogP contribution in [0.4, 0.5) is 34.1 Å². The molecule has 3 aromatic rings. The van der Waals surface area contributed by atoms with Crippen molar-refractivity contribution in [2.45, 2.75) is 6.10 Å². The summed E-state index contributed by atoms with van der Waals surface area (Å²) in [4.78, 5) is 41.8. The van der Waals surface area contributed by atoms with Gasteiger partial charge in [-0.1, -0.05) is 36.4 Å². The Morgan fingerprint density at radius 2 is 1.26 bits per heavy atom. The van der Waals surface area contributed by atoms with E-state index in [4.69, 9.17) is 10.1 Å². The quantitative estimate of drug-likeness (QED) is 0.221. The Kier molecular flexibility index (Phi) is 8.17. The first-order valence-corrected chi connectivity index (χ1v) is 11.6. The topological polar surface area (TPSA) is 254 Å². The van der Waals surface area contributed by atoms with E-state index in [9.17, 15) is 40.5 Å². The first-order valence-electron chi connectivity index (χ1n) is 11.6. The number of nitro groups is 4. The van der Waals surface area contributed by atoms with Crippen LogP contribution in [-0.4, -0.2) is 43.1 Å². The van der Waals surface area contributed by atoms with Gasteiger partial charge in [0.25, 0.3) is 11.4 Å². The number of hydrogen-bond donors (Lipinski definition) is 3. The van der Waals surface area contributed by atoms with E-state index in [0.717, 1.165) is 42.0 Å². The summed E-state index contributed by atoms with van der Waals surface area (Å²) in [6.07, 6.45) is 2.11. The average molecular weight is 575 g/mol. The molecule has 0 aromatic heterocycles. The van der Waals surface area contributed by atoms with Gasteiger partial charge in [0.2, 0.25) is 5.90 Å². The van der Waals surface area contributed by atoms with Crippen molar-refractivity contribution in [1.29, 1.82) is 5.41 Å². The second kappa shape index (κ2) is 12.1. The first-order chi connectivity index (χ1) is 20.0. The van der Waals surface area contributed by atoms with E-state index < -0.39 is 54.4 Å². The lowest BCUT2D eigenvalue weighted by atomic mass is 10.1. The predicted octanol–water partition coefficient (Wildman–Crippen LogP) is 4.64. The average Bonchev–Trinajstić information content (AvgIpc) is 3.27. The van der Waals surface area contributed by atoms with Crippen LogP contribution >= 0.6 is 0 Å². The number of hydrazone groups is 2. The molecule has 1 aliphatic heterocycles. The zero-order valence-electron chi connectivity index (χ0n) is 20.9. The van der Waals surface area contributed by atoms with E-state index >= 15 is 0 Å². The third-order valence-electron chi connectivity index (χ3n) is 5.60. The summed E-state index contributed by atoms with van der Waals surface area (Å²) in [5, 5.41) is 61.5. The number of rotatable bonds is 10. The van der Waals surface area contributed by atoms with E-state index in [2.05, 4.69) is 21.1 Å². The Morgan fingerprint density at radius 1 is 0.738 bits per heavy atom. The summed E-state index contributed by atoms with van der Waals surface area (Å²) in [5.74, 6) is -0.520. The van der Waals surface area contributed by atoms with Crippen LogP contribution in [0.1, 0.15) is 5.56 Å². The number of ether oxygens (including phenoxy) is 1. The zero-order valence-corrected chi connectivity index (χ0v) is 20.9. The van der Waals surface area contributed by atoms with Gasteiger partial charge in [0.1, 0.15) is 17.1 Å². The van der Waals surface area contributed by atoms with E-state index in [1.165, 1.54) is 6.08 Å². The van der Waals surface area contributed by atoms with Gasteiger partial charge in [-0.15, -0.1) is 0 Å². The lowest BCUT2D eigenvalue weighted by Crippen LogP contribution is -2.22. The fourth-order valence-electron chi connectivity index (χ4n) is 3.60. The molecule has 1 unspecified atom stereocenters. The highest BCUT2D eigenvalue weighted by molar-refractivity contribution is 6.70. The number of non-ortho nitro benzene ring substituents is 2. The second-order valence-electron chi connectivity index (χ2n) is 8.25. The standard InChI is InChI=1S/C24H17N9O9/c25-24-23(29-27-18-10-8-16(31(36)37)13-20(18)33(40)41)22(21(42-24)11-6-14-4-2-1-3-5-14)28-26-17-9-7-15(30(34)35)12-19(17)32(38)39/h1-13,21,25-27H/b11-6+,25-24?,28-22+,29-23-. The molecule has 18 nitrogen and oxygen atoms in total. The summed E-state index contributed by atoms with van der Waals surface area (Å²) in [6.45, 7) is 0. The van der Waals surface area contributed by atoms with E-state index in [1.807, 2.05) is 0 Å². The van der Waals surface area contributed by atoms with Gasteiger partial charge >= 0.3 is 11.4 Å². The van der Waals surface area contributed by atoms with Crippen molar-refractivity contribution >= 4 is 57.5 Å². The highest BCUT2D eigenvalue weighted by Gasteiger charge is 2.35. The summed E-state index contributed by atoms with van der Waals surface area (Å²) in [6, 6.07) is 14.6. The summed E-state index contributed by atoms with van der Waals surface area (Å²) >= 11 is 0. The van der Waals surface area contributed by atoms with Crippen molar-refractivity contribution in [1.82, 2.24) is 0 Å². The SMILES string of the molecule is N=C1OC(/C=C/c2ccccc2)C(=N\Nc2ccc([N+](=O)[O-])cc2[N+](=O)[O-])/C1=N/Nc1ccc([N+](=O)[O-])cc1[N+](=O)[O-]. The molecule has 3 aromatic carbocycles. The minimum absolute atomic E-state index is 0.0862. The third kappa shape index (κ3) is 6.34. The minimum Gasteiger partial charge on any atom is -0.462 e. The van der Waals surface area contributed by atoms with Crippen molar-refractivity contribution < 1.29 is 24.4 Å². The maximum atomic E-state index is 11.5. The lowest BCUT2D eigenvalue weighted by molar-refractivity contribution is -0.393. The van der Waals surface area contributed by atoms with Crippen LogP contribution in [0.25, 0.3) is 6.08 Å². The normalized spacial score (nSPS) is 16.4. The molecular formula is C24H17N9O9. The molecule has 1 atom stereocenters. The molecule has 1 fully saturated rings. The van der Waals surface area contributed by atoms with Gasteiger partial charge in [-0.3, -0.25) is 56.7 Å². The van der Waals surface area contributed by atoms with E-state index in [1.54, 1.807) is 36.4 Å². The van der Waals surface area contributed by atoms with E-state index in [0.29, 0.717) is 0 Å². The van der Waals surface area contributed by atoms with Crippen LogP contribution in [0.2, 0.25) is 0 Å². The largest absolute Gasteiger partial charge is 0.462 e. The molecule has 0 bridgehead atoms. The molecule has 212 valence electrons. The molecule has 1 aliphatic rings. The van der Waals surface area contributed by atoms with Gasteiger partial charge in [-0.25, -0.2) is 0 Å². The zero-order chi connectivity index (χ0) is 30.4. The number of nitrogens with zero attached hydrogens (tertiary/aromatic N) is 6. The van der Waals surface area contributed by atoms with Gasteiger partial charge in [0, 0.05) is 12.1 Å². The molecule has 42 heavy (non-hydrogen) atoms. The van der Waals surface area contributed by atoms with Gasteiger partial charge < -0.3 is 4.74 Å². The molecule has 0 amide bonds. The number of nitro benzene ring substituents is 4. The maximum absolute atomic E-state index is 11.5. The van der Waals surface area contributed by atoms with Crippen molar-refractivity contribution in [3.8, 4) is 0 Å². The first kappa shape index (κ1) is 28.4. The smallest absolute Gasteiger partial charge is 0.301 e. The van der Waals surface area contributed by atoms with Crippen LogP contribution in [0, 0.1) is 45.9 Å². The predicted molar refractivity (Wildman–Crippen MR) is 150 cm³/mol. The van der Waals surface area contributed by atoms with Crippen LogP contribution in [0.5, 0.6) is 0 Å². The number of anilines is 2. The molecule has 3 N–H and O–H groups in total. The molecule has 1 heterocycles. The fraction of sp³-hybridized carbons (Fsp3) is 0.0417. The van der Waals surface area contributed by atoms with Crippen LogP contribution in [-0.2, 0) is 4.74 Å². The highest BCUT2D eigenvalue weighted by Crippen LogP contribution is 2.30. The Morgan fingerprint density at radius 3 is 1.76 bits per heavy atom. The molecule has 4 rings (SSSR count). The number of hydrogen-bond acceptors (Lipinski definition) is 14. The van der Waals surface area contributed by atoms with Crippen molar-refractivity contribution in [2.75, 3.05) is 10.9 Å².